The number of hydrogen-bond donors (Lipinski definition) is 0. The molecule has 0 aromatic heterocycles. The molecule has 0 heterocycles. The van der Waals surface area contributed by atoms with Crippen molar-refractivity contribution < 1.29 is 4.74 Å². The van der Waals surface area contributed by atoms with Crippen LogP contribution in [0.5, 0.6) is 5.75 Å². The minimum atomic E-state index is 0.0983. The summed E-state index contributed by atoms with van der Waals surface area (Å²) < 4.78 is 5.68. The minimum Gasteiger partial charge on any atom is -0.486 e. The Morgan fingerprint density at radius 3 is 2.57 bits per heavy atom. The van der Waals surface area contributed by atoms with E-state index in [-0.39, 0.29) is 6.10 Å². The molecule has 0 N–H and O–H groups in total. The van der Waals surface area contributed by atoms with Gasteiger partial charge in [-0.15, -0.1) is 0 Å². The molecule has 1 nitrogen and oxygen atoms in total. The van der Waals surface area contributed by atoms with E-state index in [1.807, 2.05) is 30.3 Å². The van der Waals surface area contributed by atoms with Crippen molar-refractivity contribution >= 4 is 11.6 Å². The molecule has 76 valence electrons. The highest BCUT2D eigenvalue weighted by Crippen LogP contribution is 2.18. The average molecular weight is 211 g/mol. The van der Waals surface area contributed by atoms with Crippen LogP contribution in [0.25, 0.3) is 0 Å². The van der Waals surface area contributed by atoms with Crippen molar-refractivity contribution in [1.29, 1.82) is 0 Å². The van der Waals surface area contributed by atoms with E-state index in [2.05, 4.69) is 13.5 Å². The van der Waals surface area contributed by atoms with Gasteiger partial charge in [-0.25, -0.2) is 0 Å². The summed E-state index contributed by atoms with van der Waals surface area (Å²) in [6, 6.07) is 7.38. The standard InChI is InChI=1S/C12H15ClO/c1-3-5-11(4-2)14-12-8-6-10(13)7-9-12/h4,6-9,11H,2-3,5H2,1H3. The molecule has 0 bridgehead atoms. The number of ether oxygens (including phenoxy) is 1. The highest BCUT2D eigenvalue weighted by atomic mass is 35.5. The summed E-state index contributed by atoms with van der Waals surface area (Å²) in [5.74, 6) is 0.841. The maximum atomic E-state index is 5.77. The molecule has 1 aromatic rings. The molecule has 0 saturated carbocycles. The van der Waals surface area contributed by atoms with Crippen molar-refractivity contribution in [3.8, 4) is 5.75 Å². The Bertz CT molecular complexity index is 279. The SMILES string of the molecule is C=CC(CCC)Oc1ccc(Cl)cc1. The zero-order chi connectivity index (χ0) is 10.4. The van der Waals surface area contributed by atoms with Crippen molar-refractivity contribution in [1.82, 2.24) is 0 Å². The quantitative estimate of drug-likeness (QED) is 0.666. The third-order valence-corrected chi connectivity index (χ3v) is 2.19. The monoisotopic (exact) mass is 210 g/mol. The summed E-state index contributed by atoms with van der Waals surface area (Å²) in [5, 5.41) is 0.725. The molecule has 1 unspecified atom stereocenters. The molecule has 1 atom stereocenters. The Hall–Kier alpha value is -0.950. The normalized spacial score (nSPS) is 12.1. The zero-order valence-corrected chi connectivity index (χ0v) is 9.13. The Morgan fingerprint density at radius 1 is 1.43 bits per heavy atom. The van der Waals surface area contributed by atoms with E-state index >= 15 is 0 Å². The van der Waals surface area contributed by atoms with E-state index in [1.54, 1.807) is 0 Å². The van der Waals surface area contributed by atoms with E-state index in [0.29, 0.717) is 0 Å². The van der Waals surface area contributed by atoms with Gasteiger partial charge in [0.2, 0.25) is 0 Å². The smallest absolute Gasteiger partial charge is 0.120 e. The minimum absolute atomic E-state index is 0.0983. The lowest BCUT2D eigenvalue weighted by molar-refractivity contribution is 0.238. The van der Waals surface area contributed by atoms with E-state index in [1.165, 1.54) is 0 Å². The van der Waals surface area contributed by atoms with Crippen molar-refractivity contribution in [3.63, 3.8) is 0 Å². The number of rotatable bonds is 5. The van der Waals surface area contributed by atoms with Gasteiger partial charge in [0.15, 0.2) is 0 Å². The molecule has 0 radical (unpaired) electrons. The van der Waals surface area contributed by atoms with Crippen LogP contribution >= 0.6 is 11.6 Å². The van der Waals surface area contributed by atoms with Gasteiger partial charge in [-0.3, -0.25) is 0 Å². The molecule has 0 spiro atoms. The molecule has 0 aliphatic rings. The van der Waals surface area contributed by atoms with Crippen LogP contribution in [0, 0.1) is 0 Å². The van der Waals surface area contributed by atoms with Gasteiger partial charge in [0.05, 0.1) is 0 Å². The van der Waals surface area contributed by atoms with Gasteiger partial charge in [0.25, 0.3) is 0 Å². The third-order valence-electron chi connectivity index (χ3n) is 1.94. The van der Waals surface area contributed by atoms with E-state index in [9.17, 15) is 0 Å². The average Bonchev–Trinajstić information content (AvgIpc) is 2.20. The maximum absolute atomic E-state index is 5.77. The van der Waals surface area contributed by atoms with Crippen LogP contribution in [-0.2, 0) is 0 Å². The summed E-state index contributed by atoms with van der Waals surface area (Å²) in [6.45, 7) is 5.87. The maximum Gasteiger partial charge on any atom is 0.120 e. The Morgan fingerprint density at radius 2 is 2.07 bits per heavy atom. The lowest BCUT2D eigenvalue weighted by Gasteiger charge is -2.14. The fraction of sp³-hybridized carbons (Fsp3) is 0.333. The topological polar surface area (TPSA) is 9.23 Å². The first-order chi connectivity index (χ1) is 6.76. The first-order valence-electron chi connectivity index (χ1n) is 4.81. The Labute approximate surface area is 90.3 Å². The Kier molecular flexibility index (Phi) is 4.54. The van der Waals surface area contributed by atoms with Crippen LogP contribution in [0.3, 0.4) is 0 Å². The van der Waals surface area contributed by atoms with Gasteiger partial charge < -0.3 is 4.74 Å². The van der Waals surface area contributed by atoms with Crippen molar-refractivity contribution in [2.45, 2.75) is 25.9 Å². The summed E-state index contributed by atoms with van der Waals surface area (Å²) in [6.07, 6.45) is 4.01. The summed E-state index contributed by atoms with van der Waals surface area (Å²) in [5.41, 5.74) is 0. The number of halogens is 1. The second kappa shape index (κ2) is 5.71. The highest BCUT2D eigenvalue weighted by Gasteiger charge is 2.03. The first-order valence-corrected chi connectivity index (χ1v) is 5.19. The lowest BCUT2D eigenvalue weighted by Crippen LogP contribution is -2.12. The number of benzene rings is 1. The molecular weight excluding hydrogens is 196 g/mol. The Balaban J connectivity index is 2.57. The van der Waals surface area contributed by atoms with E-state index in [0.717, 1.165) is 23.6 Å². The summed E-state index contributed by atoms with van der Waals surface area (Å²) in [4.78, 5) is 0. The van der Waals surface area contributed by atoms with Gasteiger partial charge in [0, 0.05) is 5.02 Å². The first kappa shape index (κ1) is 11.1. The van der Waals surface area contributed by atoms with Gasteiger partial charge in [0.1, 0.15) is 11.9 Å². The predicted octanol–water partition coefficient (Wildman–Crippen LogP) is 4.07. The second-order valence-electron chi connectivity index (χ2n) is 3.13. The van der Waals surface area contributed by atoms with Crippen molar-refractivity contribution in [2.75, 3.05) is 0 Å². The predicted molar refractivity (Wildman–Crippen MR) is 61.0 cm³/mol. The van der Waals surface area contributed by atoms with E-state index < -0.39 is 0 Å². The molecule has 2 heteroatoms. The van der Waals surface area contributed by atoms with E-state index in [4.69, 9.17) is 16.3 Å². The highest BCUT2D eigenvalue weighted by molar-refractivity contribution is 6.30. The third kappa shape index (κ3) is 3.43. The molecule has 14 heavy (non-hydrogen) atoms. The fourth-order valence-electron chi connectivity index (χ4n) is 1.20. The lowest BCUT2D eigenvalue weighted by atomic mass is 10.2. The zero-order valence-electron chi connectivity index (χ0n) is 8.37. The molecule has 1 rings (SSSR count). The molecule has 0 saturated heterocycles. The van der Waals surface area contributed by atoms with Crippen LogP contribution in [0.1, 0.15) is 19.8 Å². The molecule has 0 amide bonds. The van der Waals surface area contributed by atoms with Crippen molar-refractivity contribution in [2.24, 2.45) is 0 Å². The number of hydrogen-bond acceptors (Lipinski definition) is 1. The van der Waals surface area contributed by atoms with Crippen molar-refractivity contribution in [3.05, 3.63) is 41.9 Å². The summed E-state index contributed by atoms with van der Waals surface area (Å²) in [7, 11) is 0. The van der Waals surface area contributed by atoms with Gasteiger partial charge in [-0.05, 0) is 30.7 Å². The van der Waals surface area contributed by atoms with Gasteiger partial charge >= 0.3 is 0 Å². The molecule has 0 aliphatic heterocycles. The molecular formula is C12H15ClO. The second-order valence-corrected chi connectivity index (χ2v) is 3.57. The van der Waals surface area contributed by atoms with Crippen LogP contribution < -0.4 is 4.74 Å². The summed E-state index contributed by atoms with van der Waals surface area (Å²) >= 11 is 5.77. The fourth-order valence-corrected chi connectivity index (χ4v) is 1.32. The van der Waals surface area contributed by atoms with Gasteiger partial charge in [-0.1, -0.05) is 37.6 Å². The molecule has 1 aromatic carbocycles. The molecule has 0 fully saturated rings. The largest absolute Gasteiger partial charge is 0.486 e. The van der Waals surface area contributed by atoms with Crippen LogP contribution in [-0.4, -0.2) is 6.10 Å². The van der Waals surface area contributed by atoms with Crippen LogP contribution in [0.4, 0.5) is 0 Å². The molecule has 0 aliphatic carbocycles. The van der Waals surface area contributed by atoms with Crippen LogP contribution in [0.2, 0.25) is 5.02 Å². The van der Waals surface area contributed by atoms with Crippen LogP contribution in [0.15, 0.2) is 36.9 Å². The van der Waals surface area contributed by atoms with Gasteiger partial charge in [-0.2, -0.15) is 0 Å².